The van der Waals surface area contributed by atoms with Gasteiger partial charge in [0, 0.05) is 17.4 Å². The van der Waals surface area contributed by atoms with Crippen LogP contribution in [0.5, 0.6) is 0 Å². The summed E-state index contributed by atoms with van der Waals surface area (Å²) in [6, 6.07) is 6.04. The lowest BCUT2D eigenvalue weighted by Gasteiger charge is -2.25. The average molecular weight is 349 g/mol. The van der Waals surface area contributed by atoms with Crippen LogP contribution >= 0.6 is 11.8 Å². The largest absolute Gasteiger partial charge is 0.481 e. The van der Waals surface area contributed by atoms with Crippen molar-refractivity contribution < 1.29 is 14.7 Å². The van der Waals surface area contributed by atoms with Crippen molar-refractivity contribution >= 4 is 29.3 Å². The smallest absolute Gasteiger partial charge is 0.306 e. The van der Waals surface area contributed by atoms with E-state index in [-0.39, 0.29) is 17.7 Å². The van der Waals surface area contributed by atoms with E-state index in [1.807, 2.05) is 30.8 Å². The number of carboxylic acids is 1. The van der Waals surface area contributed by atoms with Gasteiger partial charge in [-0.3, -0.25) is 9.59 Å². The highest BCUT2D eigenvalue weighted by molar-refractivity contribution is 7.99. The van der Waals surface area contributed by atoms with E-state index in [9.17, 15) is 9.59 Å². The van der Waals surface area contributed by atoms with Crippen LogP contribution in [0.15, 0.2) is 18.2 Å². The molecule has 1 aliphatic rings. The number of carbonyl (C=O) groups is 2. The summed E-state index contributed by atoms with van der Waals surface area (Å²) in [7, 11) is 0. The highest BCUT2D eigenvalue weighted by Crippen LogP contribution is 2.31. The molecular weight excluding hydrogens is 322 g/mol. The summed E-state index contributed by atoms with van der Waals surface area (Å²) in [6.07, 6.45) is 2.50. The van der Waals surface area contributed by atoms with Gasteiger partial charge in [0.05, 0.1) is 5.92 Å². The number of hydrogen-bond acceptors (Lipinski definition) is 3. The fourth-order valence-corrected chi connectivity index (χ4v) is 3.89. The van der Waals surface area contributed by atoms with E-state index in [0.29, 0.717) is 30.9 Å². The third-order valence-corrected chi connectivity index (χ3v) is 5.87. The Morgan fingerprint density at radius 1 is 1.21 bits per heavy atom. The van der Waals surface area contributed by atoms with E-state index < -0.39 is 5.97 Å². The Kier molecular flexibility index (Phi) is 6.72. The van der Waals surface area contributed by atoms with Crippen molar-refractivity contribution in [2.75, 3.05) is 5.32 Å². The highest BCUT2D eigenvalue weighted by Gasteiger charge is 2.29. The van der Waals surface area contributed by atoms with Gasteiger partial charge in [-0.2, -0.15) is 11.8 Å². The van der Waals surface area contributed by atoms with E-state index in [4.69, 9.17) is 5.11 Å². The summed E-state index contributed by atoms with van der Waals surface area (Å²) < 4.78 is 0. The molecule has 132 valence electrons. The van der Waals surface area contributed by atoms with Crippen LogP contribution < -0.4 is 5.32 Å². The zero-order chi connectivity index (χ0) is 17.7. The molecule has 0 heterocycles. The molecule has 0 aliphatic heterocycles. The van der Waals surface area contributed by atoms with Crippen LogP contribution in [0.25, 0.3) is 0 Å². The van der Waals surface area contributed by atoms with Crippen molar-refractivity contribution in [3.05, 3.63) is 29.3 Å². The van der Waals surface area contributed by atoms with Gasteiger partial charge >= 0.3 is 5.97 Å². The van der Waals surface area contributed by atoms with Crippen molar-refractivity contribution in [2.24, 2.45) is 11.8 Å². The highest BCUT2D eigenvalue weighted by atomic mass is 32.2. The third kappa shape index (κ3) is 5.00. The number of carbonyl (C=O) groups excluding carboxylic acids is 1. The van der Waals surface area contributed by atoms with Crippen LogP contribution in [0.3, 0.4) is 0 Å². The number of thioether (sulfide) groups is 1. The second-order valence-corrected chi connectivity index (χ2v) is 8.39. The molecule has 0 atom stereocenters. The third-order valence-electron chi connectivity index (χ3n) is 4.72. The molecule has 0 radical (unpaired) electrons. The summed E-state index contributed by atoms with van der Waals surface area (Å²) in [6.45, 7) is 6.41. The van der Waals surface area contributed by atoms with Crippen LogP contribution in [0.1, 0.15) is 50.7 Å². The molecule has 0 bridgehead atoms. The quantitative estimate of drug-likeness (QED) is 0.795. The Bertz CT molecular complexity index is 592. The second kappa shape index (κ2) is 8.56. The van der Waals surface area contributed by atoms with Gasteiger partial charge in [-0.25, -0.2) is 0 Å². The first-order valence-corrected chi connectivity index (χ1v) is 9.67. The average Bonchev–Trinajstić information content (AvgIpc) is 2.55. The molecule has 0 spiro atoms. The summed E-state index contributed by atoms with van der Waals surface area (Å²) in [4.78, 5) is 23.5. The number of rotatable bonds is 6. The minimum atomic E-state index is -0.736. The lowest BCUT2D eigenvalue weighted by molar-refractivity contribution is -0.143. The fraction of sp³-hybridized carbons (Fsp3) is 0.579. The van der Waals surface area contributed by atoms with Gasteiger partial charge in [0.15, 0.2) is 0 Å². The molecule has 5 heteroatoms. The first-order chi connectivity index (χ1) is 11.4. The topological polar surface area (TPSA) is 66.4 Å². The van der Waals surface area contributed by atoms with Crippen molar-refractivity contribution in [2.45, 2.75) is 57.5 Å². The zero-order valence-corrected chi connectivity index (χ0v) is 15.5. The zero-order valence-electron chi connectivity index (χ0n) is 14.7. The Morgan fingerprint density at radius 2 is 1.83 bits per heavy atom. The van der Waals surface area contributed by atoms with Crippen LogP contribution in [0.4, 0.5) is 5.69 Å². The maximum atomic E-state index is 12.5. The second-order valence-electron chi connectivity index (χ2n) is 6.83. The van der Waals surface area contributed by atoms with Crippen LogP contribution in [0.2, 0.25) is 0 Å². The van der Waals surface area contributed by atoms with Crippen molar-refractivity contribution in [1.82, 2.24) is 0 Å². The molecule has 2 N–H and O–H groups in total. The van der Waals surface area contributed by atoms with Gasteiger partial charge in [0.2, 0.25) is 5.91 Å². The maximum absolute atomic E-state index is 12.5. The van der Waals surface area contributed by atoms with Gasteiger partial charge in [-0.15, -0.1) is 0 Å². The predicted molar refractivity (Wildman–Crippen MR) is 99.3 cm³/mol. The van der Waals surface area contributed by atoms with E-state index in [1.165, 1.54) is 5.56 Å². The molecule has 24 heavy (non-hydrogen) atoms. The van der Waals surface area contributed by atoms with Crippen molar-refractivity contribution in [1.29, 1.82) is 0 Å². The van der Waals surface area contributed by atoms with Crippen LogP contribution in [-0.4, -0.2) is 22.2 Å². The van der Waals surface area contributed by atoms with Crippen molar-refractivity contribution in [3.8, 4) is 0 Å². The first kappa shape index (κ1) is 18.8. The number of benzene rings is 1. The number of amides is 1. The Labute approximate surface area is 148 Å². The number of nitrogens with one attached hydrogen (secondary N) is 1. The molecule has 1 saturated carbocycles. The summed E-state index contributed by atoms with van der Waals surface area (Å²) in [5.41, 5.74) is 3.25. The standard InChI is InChI=1S/C19H27NO3S/c1-12(2)24-11-16-5-4-6-17(13(16)3)20-18(21)14-7-9-15(10-8-14)19(22)23/h4-6,12,14-15H,7-11H2,1-3H3,(H,20,21)(H,22,23). The van der Waals surface area contributed by atoms with Gasteiger partial charge < -0.3 is 10.4 Å². The van der Waals surface area contributed by atoms with Gasteiger partial charge in [0.25, 0.3) is 0 Å². The lowest BCUT2D eigenvalue weighted by Crippen LogP contribution is -2.29. The fourth-order valence-electron chi connectivity index (χ4n) is 3.07. The molecule has 1 aromatic rings. The van der Waals surface area contributed by atoms with Gasteiger partial charge in [-0.1, -0.05) is 26.0 Å². The summed E-state index contributed by atoms with van der Waals surface area (Å²) in [5, 5.41) is 12.7. The lowest BCUT2D eigenvalue weighted by atomic mass is 9.81. The molecular formula is C19H27NO3S. The minimum absolute atomic E-state index is 0.0237. The summed E-state index contributed by atoms with van der Waals surface area (Å²) in [5.74, 6) is -0.131. The Morgan fingerprint density at radius 3 is 2.42 bits per heavy atom. The number of carboxylic acid groups (broad SMARTS) is 1. The Balaban J connectivity index is 1.97. The van der Waals surface area contributed by atoms with Crippen LogP contribution in [-0.2, 0) is 15.3 Å². The number of aliphatic carboxylic acids is 1. The molecule has 0 unspecified atom stereocenters. The normalized spacial score (nSPS) is 20.8. The molecule has 1 fully saturated rings. The number of hydrogen-bond donors (Lipinski definition) is 2. The molecule has 1 aliphatic carbocycles. The monoisotopic (exact) mass is 349 g/mol. The molecule has 2 rings (SSSR count). The molecule has 0 saturated heterocycles. The molecule has 1 amide bonds. The number of anilines is 1. The maximum Gasteiger partial charge on any atom is 0.306 e. The van der Waals surface area contributed by atoms with E-state index >= 15 is 0 Å². The Hall–Kier alpha value is -1.49. The van der Waals surface area contributed by atoms with E-state index in [0.717, 1.165) is 17.0 Å². The van der Waals surface area contributed by atoms with Gasteiger partial charge in [-0.05, 0) is 55.1 Å². The van der Waals surface area contributed by atoms with Crippen LogP contribution in [0, 0.1) is 18.8 Å². The minimum Gasteiger partial charge on any atom is -0.481 e. The predicted octanol–water partition coefficient (Wildman–Crippen LogP) is 4.47. The van der Waals surface area contributed by atoms with E-state index in [1.54, 1.807) is 0 Å². The molecule has 1 aromatic carbocycles. The van der Waals surface area contributed by atoms with E-state index in [2.05, 4.69) is 25.2 Å². The summed E-state index contributed by atoms with van der Waals surface area (Å²) >= 11 is 1.89. The molecule has 0 aromatic heterocycles. The first-order valence-electron chi connectivity index (χ1n) is 8.62. The SMILES string of the molecule is Cc1c(CSC(C)C)cccc1NC(=O)C1CCC(C(=O)O)CC1. The molecule has 4 nitrogen and oxygen atoms in total. The van der Waals surface area contributed by atoms with Gasteiger partial charge in [0.1, 0.15) is 0 Å². The van der Waals surface area contributed by atoms with Crippen molar-refractivity contribution in [3.63, 3.8) is 0 Å².